The molecule has 5 rings (SSSR count). The number of fused-ring (bicyclic) bond motifs is 2. The lowest BCUT2D eigenvalue weighted by Gasteiger charge is -2.49. The number of hydrogen-bond acceptors (Lipinski definition) is 4. The molecule has 26 heavy (non-hydrogen) atoms. The summed E-state index contributed by atoms with van der Waals surface area (Å²) in [6.45, 7) is 12.6. The zero-order valence-electron chi connectivity index (χ0n) is 16.9. The van der Waals surface area contributed by atoms with Crippen LogP contribution in [0.3, 0.4) is 0 Å². The lowest BCUT2D eigenvalue weighted by Crippen LogP contribution is -2.55. The van der Waals surface area contributed by atoms with Crippen LogP contribution in [-0.4, -0.2) is 48.3 Å². The molecule has 2 aliphatic carbocycles. The molecule has 146 valence electrons. The highest BCUT2D eigenvalue weighted by Gasteiger charge is 2.78. The fraction of sp³-hybridized carbons (Fsp3) is 0.955. The minimum atomic E-state index is 0.0111. The maximum atomic E-state index is 12.8. The second kappa shape index (κ2) is 5.47. The molecule has 0 unspecified atom stereocenters. The van der Waals surface area contributed by atoms with Crippen molar-refractivity contribution in [3.63, 3.8) is 0 Å². The molecule has 7 atom stereocenters. The van der Waals surface area contributed by atoms with E-state index in [0.29, 0.717) is 11.3 Å². The normalized spacial score (nSPS) is 52.6. The Morgan fingerprint density at radius 1 is 1.19 bits per heavy atom. The molecule has 5 fully saturated rings. The van der Waals surface area contributed by atoms with Gasteiger partial charge in [-0.15, -0.1) is 0 Å². The predicted molar refractivity (Wildman–Crippen MR) is 99.7 cm³/mol. The van der Waals surface area contributed by atoms with Crippen LogP contribution in [0.25, 0.3) is 0 Å². The largest absolute Gasteiger partial charge is 0.462 e. The van der Waals surface area contributed by atoms with Crippen molar-refractivity contribution in [2.45, 2.75) is 84.0 Å². The van der Waals surface area contributed by atoms with Crippen LogP contribution in [0, 0.1) is 28.6 Å². The smallest absolute Gasteiger partial charge is 0.311 e. The molecule has 3 aliphatic heterocycles. The van der Waals surface area contributed by atoms with Crippen LogP contribution in [-0.2, 0) is 14.3 Å². The van der Waals surface area contributed by atoms with Gasteiger partial charge in [0.1, 0.15) is 11.7 Å². The summed E-state index contributed by atoms with van der Waals surface area (Å²) in [7, 11) is 0. The number of nitrogens with zero attached hydrogens (tertiary/aromatic N) is 1. The third kappa shape index (κ3) is 2.30. The van der Waals surface area contributed by atoms with E-state index in [9.17, 15) is 4.79 Å². The summed E-state index contributed by atoms with van der Waals surface area (Å²) in [6.07, 6.45) is 7.64. The second-order valence-corrected chi connectivity index (χ2v) is 11.1. The van der Waals surface area contributed by atoms with E-state index in [4.69, 9.17) is 9.47 Å². The average molecular weight is 362 g/mol. The highest BCUT2D eigenvalue weighted by atomic mass is 16.6. The summed E-state index contributed by atoms with van der Waals surface area (Å²) >= 11 is 0. The van der Waals surface area contributed by atoms with E-state index >= 15 is 0 Å². The number of likely N-dealkylation sites (tertiary alicyclic amines) is 1. The number of epoxide rings is 1. The van der Waals surface area contributed by atoms with Gasteiger partial charge in [-0.25, -0.2) is 0 Å². The molecule has 5 aliphatic rings. The van der Waals surface area contributed by atoms with Crippen LogP contribution in [0.2, 0.25) is 0 Å². The Kier molecular flexibility index (Phi) is 3.68. The van der Waals surface area contributed by atoms with Crippen LogP contribution in [0.1, 0.15) is 66.2 Å². The Labute approximate surface area is 158 Å². The van der Waals surface area contributed by atoms with E-state index in [1.807, 2.05) is 0 Å². The van der Waals surface area contributed by atoms with Crippen molar-refractivity contribution in [1.29, 1.82) is 0 Å². The first kappa shape index (κ1) is 17.5. The summed E-state index contributed by atoms with van der Waals surface area (Å²) < 4.78 is 12.5. The standard InChI is InChI=1S/C22H35NO3/c1-14-7-5-9-21(4)11-16-17(18-22(14,21)26-18)15(19(24)25-16)12-23-10-6-8-20(2,3)13-23/h14-18H,5-13H2,1-4H3/t14-,15-,16+,17+,18-,21+,22-/m0/s1. The molecule has 0 aromatic rings. The average Bonchev–Trinajstić information content (AvgIpc) is 3.22. The van der Waals surface area contributed by atoms with Crippen LogP contribution in [0.15, 0.2) is 0 Å². The topological polar surface area (TPSA) is 42.1 Å². The van der Waals surface area contributed by atoms with E-state index in [2.05, 4.69) is 32.6 Å². The van der Waals surface area contributed by atoms with Crippen LogP contribution in [0.5, 0.6) is 0 Å². The van der Waals surface area contributed by atoms with Gasteiger partial charge in [0, 0.05) is 24.4 Å². The quantitative estimate of drug-likeness (QED) is 0.556. The third-order valence-corrected chi connectivity index (χ3v) is 8.63. The Morgan fingerprint density at radius 2 is 2.00 bits per heavy atom. The Hall–Kier alpha value is -0.610. The summed E-state index contributed by atoms with van der Waals surface area (Å²) in [4.78, 5) is 15.3. The monoisotopic (exact) mass is 361 g/mol. The Morgan fingerprint density at radius 3 is 2.77 bits per heavy atom. The number of hydrogen-bond donors (Lipinski definition) is 0. The summed E-state index contributed by atoms with van der Waals surface area (Å²) in [5, 5.41) is 0. The SMILES string of the molecule is C[C@H]1CCC[C@]2(C)C[C@H]3OC(=O)[C@@H](CN4CCCC(C)(C)C4)[C@H]3[C@@H]3O[C@@]132. The lowest BCUT2D eigenvalue weighted by atomic mass is 9.53. The van der Waals surface area contributed by atoms with Gasteiger partial charge >= 0.3 is 5.97 Å². The summed E-state index contributed by atoms with van der Waals surface area (Å²) in [5.41, 5.74) is 0.582. The molecule has 4 heteroatoms. The number of rotatable bonds is 2. The van der Waals surface area contributed by atoms with Crippen molar-refractivity contribution < 1.29 is 14.3 Å². The summed E-state index contributed by atoms with van der Waals surface area (Å²) in [6, 6.07) is 0. The molecule has 4 nitrogen and oxygen atoms in total. The zero-order valence-corrected chi connectivity index (χ0v) is 16.9. The van der Waals surface area contributed by atoms with Gasteiger partial charge in [0.05, 0.1) is 12.0 Å². The molecular formula is C22H35NO3. The maximum absolute atomic E-state index is 12.8. The van der Waals surface area contributed by atoms with E-state index in [1.54, 1.807) is 0 Å². The van der Waals surface area contributed by atoms with Gasteiger partial charge in [-0.1, -0.05) is 34.1 Å². The fourth-order valence-electron chi connectivity index (χ4n) is 7.42. The van der Waals surface area contributed by atoms with Crippen molar-refractivity contribution in [1.82, 2.24) is 4.90 Å². The van der Waals surface area contributed by atoms with Crippen LogP contribution in [0.4, 0.5) is 0 Å². The third-order valence-electron chi connectivity index (χ3n) is 8.63. The molecule has 3 heterocycles. The van der Waals surface area contributed by atoms with E-state index in [1.165, 1.54) is 32.1 Å². The van der Waals surface area contributed by atoms with Gasteiger partial charge in [-0.05, 0) is 50.0 Å². The van der Waals surface area contributed by atoms with Crippen molar-refractivity contribution in [3.05, 3.63) is 0 Å². The van der Waals surface area contributed by atoms with Gasteiger partial charge in [-0.3, -0.25) is 4.79 Å². The molecule has 0 amide bonds. The molecule has 1 spiro atoms. The molecule has 0 N–H and O–H groups in total. The van der Waals surface area contributed by atoms with Gasteiger partial charge < -0.3 is 14.4 Å². The van der Waals surface area contributed by atoms with Crippen LogP contribution < -0.4 is 0 Å². The number of esters is 1. The van der Waals surface area contributed by atoms with Crippen molar-refractivity contribution in [2.75, 3.05) is 19.6 Å². The van der Waals surface area contributed by atoms with E-state index in [0.717, 1.165) is 26.1 Å². The van der Waals surface area contributed by atoms with Gasteiger partial charge in [0.25, 0.3) is 0 Å². The first-order valence-electron chi connectivity index (χ1n) is 10.9. The Balaban J connectivity index is 1.38. The zero-order chi connectivity index (χ0) is 18.3. The molecule has 2 saturated carbocycles. The molecular weight excluding hydrogens is 326 g/mol. The number of piperidine rings is 1. The Bertz CT molecular complexity index is 619. The van der Waals surface area contributed by atoms with Crippen molar-refractivity contribution >= 4 is 5.97 Å². The first-order chi connectivity index (χ1) is 12.3. The second-order valence-electron chi connectivity index (χ2n) is 11.1. The van der Waals surface area contributed by atoms with Crippen molar-refractivity contribution in [3.8, 4) is 0 Å². The van der Waals surface area contributed by atoms with Gasteiger partial charge in [0.15, 0.2) is 0 Å². The number of carbonyl (C=O) groups is 1. The first-order valence-corrected chi connectivity index (χ1v) is 10.9. The highest BCUT2D eigenvalue weighted by Crippen LogP contribution is 2.70. The molecule has 0 bridgehead atoms. The molecule has 0 radical (unpaired) electrons. The fourth-order valence-corrected chi connectivity index (χ4v) is 7.42. The van der Waals surface area contributed by atoms with Crippen LogP contribution >= 0.6 is 0 Å². The van der Waals surface area contributed by atoms with Gasteiger partial charge in [0.2, 0.25) is 0 Å². The maximum Gasteiger partial charge on any atom is 0.311 e. The number of carbonyl (C=O) groups excluding carboxylic acids is 1. The van der Waals surface area contributed by atoms with Gasteiger partial charge in [-0.2, -0.15) is 0 Å². The minimum Gasteiger partial charge on any atom is -0.462 e. The highest BCUT2D eigenvalue weighted by molar-refractivity contribution is 5.76. The predicted octanol–water partition coefficient (Wildman–Crippen LogP) is 3.63. The summed E-state index contributed by atoms with van der Waals surface area (Å²) in [5.74, 6) is 0.944. The van der Waals surface area contributed by atoms with Crippen molar-refractivity contribution in [2.24, 2.45) is 28.6 Å². The van der Waals surface area contributed by atoms with E-state index < -0.39 is 0 Å². The molecule has 0 aromatic carbocycles. The molecule has 0 aromatic heterocycles. The number of ether oxygens (including phenoxy) is 2. The minimum absolute atomic E-state index is 0.0111. The molecule has 3 saturated heterocycles. The van der Waals surface area contributed by atoms with E-state index in [-0.39, 0.29) is 41.0 Å². The lowest BCUT2D eigenvalue weighted by molar-refractivity contribution is -0.146.